The van der Waals surface area contributed by atoms with Crippen LogP contribution in [0, 0.1) is 25.2 Å². The smallest absolute Gasteiger partial charge is 0.0936 e. The standard InChI is InChI=1S/C12H20N2S/c1-8-9(2)15-11(14-8)6-12(3,7-13)10-4-5-10/h10H,4-7,13H2,1-3H3. The average molecular weight is 224 g/mol. The van der Waals surface area contributed by atoms with E-state index in [1.807, 2.05) is 11.3 Å². The van der Waals surface area contributed by atoms with Crippen LogP contribution in [0.15, 0.2) is 0 Å². The quantitative estimate of drug-likeness (QED) is 0.854. The van der Waals surface area contributed by atoms with Gasteiger partial charge in [-0.1, -0.05) is 6.92 Å². The van der Waals surface area contributed by atoms with E-state index < -0.39 is 0 Å². The maximum Gasteiger partial charge on any atom is 0.0936 e. The molecule has 0 saturated heterocycles. The topological polar surface area (TPSA) is 38.9 Å². The molecule has 0 aromatic carbocycles. The lowest BCUT2D eigenvalue weighted by atomic mass is 9.82. The van der Waals surface area contributed by atoms with Gasteiger partial charge in [-0.25, -0.2) is 4.98 Å². The molecule has 15 heavy (non-hydrogen) atoms. The van der Waals surface area contributed by atoms with Crippen molar-refractivity contribution >= 4 is 11.3 Å². The van der Waals surface area contributed by atoms with Gasteiger partial charge in [0, 0.05) is 11.3 Å². The van der Waals surface area contributed by atoms with Gasteiger partial charge in [-0.05, 0) is 44.6 Å². The SMILES string of the molecule is Cc1nc(CC(C)(CN)C2CC2)sc1C. The Morgan fingerprint density at radius 2 is 2.13 bits per heavy atom. The van der Waals surface area contributed by atoms with Crippen LogP contribution in [0.25, 0.3) is 0 Å². The van der Waals surface area contributed by atoms with E-state index in [1.54, 1.807) is 0 Å². The van der Waals surface area contributed by atoms with Gasteiger partial charge < -0.3 is 5.73 Å². The van der Waals surface area contributed by atoms with Crippen LogP contribution in [0.5, 0.6) is 0 Å². The average Bonchev–Trinajstić information content (AvgIpc) is 2.96. The number of hydrogen-bond donors (Lipinski definition) is 1. The first-order valence-corrected chi connectivity index (χ1v) is 6.50. The first kappa shape index (κ1) is 11.1. The minimum absolute atomic E-state index is 0.288. The zero-order valence-electron chi connectivity index (χ0n) is 9.84. The van der Waals surface area contributed by atoms with Gasteiger partial charge in [0.05, 0.1) is 10.7 Å². The second-order valence-corrected chi connectivity index (χ2v) is 6.35. The molecule has 0 bridgehead atoms. The van der Waals surface area contributed by atoms with Crippen LogP contribution >= 0.6 is 11.3 Å². The van der Waals surface area contributed by atoms with Crippen molar-refractivity contribution in [3.8, 4) is 0 Å². The third-order valence-corrected chi connectivity index (χ3v) is 4.73. The predicted molar refractivity (Wildman–Crippen MR) is 65.2 cm³/mol. The minimum Gasteiger partial charge on any atom is -0.330 e. The summed E-state index contributed by atoms with van der Waals surface area (Å²) in [5.74, 6) is 0.840. The second-order valence-electron chi connectivity index (χ2n) is 5.06. The molecular formula is C12H20N2S. The molecule has 2 nitrogen and oxygen atoms in total. The molecule has 1 aliphatic carbocycles. The van der Waals surface area contributed by atoms with Crippen molar-refractivity contribution in [1.82, 2.24) is 4.98 Å². The van der Waals surface area contributed by atoms with Gasteiger partial charge in [0.2, 0.25) is 0 Å². The lowest BCUT2D eigenvalue weighted by Crippen LogP contribution is -2.31. The molecule has 84 valence electrons. The summed E-state index contributed by atoms with van der Waals surface area (Å²) < 4.78 is 0. The van der Waals surface area contributed by atoms with Crippen molar-refractivity contribution in [2.45, 2.75) is 40.0 Å². The van der Waals surface area contributed by atoms with Crippen molar-refractivity contribution in [2.75, 3.05) is 6.54 Å². The van der Waals surface area contributed by atoms with E-state index in [0.29, 0.717) is 0 Å². The Balaban J connectivity index is 2.12. The number of nitrogens with two attached hydrogens (primary N) is 1. The Kier molecular flexibility index (Phi) is 2.86. The van der Waals surface area contributed by atoms with Crippen molar-refractivity contribution in [3.63, 3.8) is 0 Å². The van der Waals surface area contributed by atoms with Gasteiger partial charge in [-0.15, -0.1) is 11.3 Å². The van der Waals surface area contributed by atoms with Crippen LogP contribution < -0.4 is 5.73 Å². The summed E-state index contributed by atoms with van der Waals surface area (Å²) in [4.78, 5) is 5.96. The van der Waals surface area contributed by atoms with Crippen LogP contribution in [0.4, 0.5) is 0 Å². The Morgan fingerprint density at radius 1 is 1.47 bits per heavy atom. The molecule has 1 aliphatic rings. The van der Waals surface area contributed by atoms with Crippen molar-refractivity contribution < 1.29 is 0 Å². The molecule has 1 saturated carbocycles. The normalized spacial score (nSPS) is 20.3. The van der Waals surface area contributed by atoms with Crippen molar-refractivity contribution in [2.24, 2.45) is 17.1 Å². The van der Waals surface area contributed by atoms with Crippen molar-refractivity contribution in [3.05, 3.63) is 15.6 Å². The maximum absolute atomic E-state index is 5.92. The molecule has 1 fully saturated rings. The zero-order valence-corrected chi connectivity index (χ0v) is 10.7. The lowest BCUT2D eigenvalue weighted by molar-refractivity contribution is 0.281. The lowest BCUT2D eigenvalue weighted by Gasteiger charge is -2.26. The molecule has 0 amide bonds. The van der Waals surface area contributed by atoms with Crippen LogP contribution in [0.1, 0.15) is 35.3 Å². The van der Waals surface area contributed by atoms with E-state index in [0.717, 1.165) is 18.9 Å². The summed E-state index contributed by atoms with van der Waals surface area (Å²) in [7, 11) is 0. The van der Waals surface area contributed by atoms with Gasteiger partial charge >= 0.3 is 0 Å². The number of hydrogen-bond acceptors (Lipinski definition) is 3. The molecule has 0 spiro atoms. The highest BCUT2D eigenvalue weighted by molar-refractivity contribution is 7.11. The molecule has 2 N–H and O–H groups in total. The number of nitrogens with zero attached hydrogens (tertiary/aromatic N) is 1. The Morgan fingerprint density at radius 3 is 2.53 bits per heavy atom. The highest BCUT2D eigenvalue weighted by Crippen LogP contribution is 2.47. The van der Waals surface area contributed by atoms with Gasteiger partial charge in [-0.2, -0.15) is 0 Å². The number of aryl methyl sites for hydroxylation is 2. The predicted octanol–water partition coefficient (Wildman–Crippen LogP) is 2.68. The summed E-state index contributed by atoms with van der Waals surface area (Å²) in [6.45, 7) is 7.34. The zero-order chi connectivity index (χ0) is 11.1. The van der Waals surface area contributed by atoms with E-state index in [2.05, 4.69) is 25.8 Å². The third kappa shape index (κ3) is 2.23. The summed E-state index contributed by atoms with van der Waals surface area (Å²) in [5, 5.41) is 1.27. The molecule has 1 atom stereocenters. The molecular weight excluding hydrogens is 204 g/mol. The van der Waals surface area contributed by atoms with Gasteiger partial charge in [0.25, 0.3) is 0 Å². The van der Waals surface area contributed by atoms with Crippen molar-refractivity contribution in [1.29, 1.82) is 0 Å². The van der Waals surface area contributed by atoms with Gasteiger partial charge in [-0.3, -0.25) is 0 Å². The molecule has 1 unspecified atom stereocenters. The molecule has 2 rings (SSSR count). The summed E-state index contributed by atoms with van der Waals surface area (Å²) in [6.07, 6.45) is 3.78. The monoisotopic (exact) mass is 224 g/mol. The molecule has 0 radical (unpaired) electrons. The number of aromatic nitrogens is 1. The third-order valence-electron chi connectivity index (χ3n) is 3.66. The molecule has 3 heteroatoms. The molecule has 0 aliphatic heterocycles. The fraction of sp³-hybridized carbons (Fsp3) is 0.750. The van der Waals surface area contributed by atoms with E-state index in [4.69, 9.17) is 5.73 Å². The van der Waals surface area contributed by atoms with Crippen LogP contribution in [0.3, 0.4) is 0 Å². The van der Waals surface area contributed by atoms with E-state index in [-0.39, 0.29) is 5.41 Å². The largest absolute Gasteiger partial charge is 0.330 e. The second kappa shape index (κ2) is 3.87. The molecule has 1 aromatic rings. The highest BCUT2D eigenvalue weighted by atomic mass is 32.1. The van der Waals surface area contributed by atoms with Crippen LogP contribution in [-0.2, 0) is 6.42 Å². The fourth-order valence-electron chi connectivity index (χ4n) is 2.12. The Hall–Kier alpha value is -0.410. The van der Waals surface area contributed by atoms with Gasteiger partial charge in [0.15, 0.2) is 0 Å². The Bertz CT molecular complexity index is 335. The molecule has 1 heterocycles. The number of rotatable bonds is 4. The Labute approximate surface area is 95.9 Å². The maximum atomic E-state index is 5.92. The first-order chi connectivity index (χ1) is 7.05. The summed E-state index contributed by atoms with van der Waals surface area (Å²) in [6, 6.07) is 0. The molecule has 1 aromatic heterocycles. The minimum atomic E-state index is 0.288. The van der Waals surface area contributed by atoms with E-state index >= 15 is 0 Å². The summed E-state index contributed by atoms with van der Waals surface area (Å²) >= 11 is 1.84. The number of thiazole rings is 1. The van der Waals surface area contributed by atoms with Crippen LogP contribution in [0.2, 0.25) is 0 Å². The van der Waals surface area contributed by atoms with E-state index in [1.165, 1.54) is 28.4 Å². The van der Waals surface area contributed by atoms with E-state index in [9.17, 15) is 0 Å². The highest BCUT2D eigenvalue weighted by Gasteiger charge is 2.40. The van der Waals surface area contributed by atoms with Crippen LogP contribution in [-0.4, -0.2) is 11.5 Å². The van der Waals surface area contributed by atoms with Gasteiger partial charge in [0.1, 0.15) is 0 Å². The first-order valence-electron chi connectivity index (χ1n) is 5.68. The fourth-order valence-corrected chi connectivity index (χ4v) is 3.25. The summed E-state index contributed by atoms with van der Waals surface area (Å²) in [5.41, 5.74) is 7.39.